The monoisotopic (exact) mass is 220 g/mol. The van der Waals surface area contributed by atoms with Crippen LogP contribution in [-0.4, -0.2) is 18.0 Å². The van der Waals surface area contributed by atoms with Crippen LogP contribution in [0, 0.1) is 0 Å². The van der Waals surface area contributed by atoms with Gasteiger partial charge in [-0.05, 0) is 44.1 Å². The van der Waals surface area contributed by atoms with E-state index in [0.717, 1.165) is 12.2 Å². The zero-order valence-electron chi connectivity index (χ0n) is 10.7. The van der Waals surface area contributed by atoms with Gasteiger partial charge in [0, 0.05) is 11.7 Å². The van der Waals surface area contributed by atoms with Gasteiger partial charge in [-0.1, -0.05) is 32.4 Å². The highest BCUT2D eigenvalue weighted by molar-refractivity contribution is 5.40. The summed E-state index contributed by atoms with van der Waals surface area (Å²) in [7, 11) is 0. The van der Waals surface area contributed by atoms with Gasteiger partial charge in [-0.25, -0.2) is 0 Å². The number of rotatable bonds is 6. The molecule has 90 valence electrons. The van der Waals surface area contributed by atoms with E-state index in [-0.39, 0.29) is 0 Å². The molecule has 0 aliphatic carbocycles. The summed E-state index contributed by atoms with van der Waals surface area (Å²) < 4.78 is 0. The molecule has 0 bridgehead atoms. The summed E-state index contributed by atoms with van der Waals surface area (Å²) in [4.78, 5) is 2.51. The minimum Gasteiger partial charge on any atom is -0.399 e. The van der Waals surface area contributed by atoms with Crippen molar-refractivity contribution >= 4 is 5.69 Å². The fourth-order valence-corrected chi connectivity index (χ4v) is 1.97. The lowest BCUT2D eigenvalue weighted by Gasteiger charge is -2.28. The fourth-order valence-electron chi connectivity index (χ4n) is 1.97. The summed E-state index contributed by atoms with van der Waals surface area (Å²) in [6.07, 6.45) is 2.53. The molecule has 0 spiro atoms. The molecule has 0 aromatic heterocycles. The summed E-state index contributed by atoms with van der Waals surface area (Å²) in [5, 5.41) is 0. The highest BCUT2D eigenvalue weighted by Gasteiger charge is 2.12. The Morgan fingerprint density at radius 2 is 1.81 bits per heavy atom. The van der Waals surface area contributed by atoms with E-state index in [4.69, 9.17) is 5.73 Å². The molecule has 0 saturated heterocycles. The van der Waals surface area contributed by atoms with Crippen molar-refractivity contribution in [2.24, 2.45) is 0 Å². The Labute approximate surface area is 99.5 Å². The number of nitrogens with two attached hydrogens (primary N) is 1. The molecule has 0 fully saturated rings. The molecule has 1 aromatic carbocycles. The van der Waals surface area contributed by atoms with Crippen LogP contribution < -0.4 is 5.73 Å². The lowest BCUT2D eigenvalue weighted by atomic mass is 10.1. The van der Waals surface area contributed by atoms with Gasteiger partial charge in [-0.2, -0.15) is 0 Å². The molecule has 16 heavy (non-hydrogen) atoms. The summed E-state index contributed by atoms with van der Waals surface area (Å²) in [6, 6.07) is 8.72. The van der Waals surface area contributed by atoms with Crippen molar-refractivity contribution in [2.45, 2.75) is 39.7 Å². The first-order chi connectivity index (χ1) is 7.69. The normalized spacial score (nSPS) is 13.0. The van der Waals surface area contributed by atoms with Gasteiger partial charge in [-0.3, -0.25) is 4.90 Å². The first kappa shape index (κ1) is 13.0. The number of benzene rings is 1. The topological polar surface area (TPSA) is 29.3 Å². The second-order valence-electron chi connectivity index (χ2n) is 4.32. The quantitative estimate of drug-likeness (QED) is 0.744. The Hall–Kier alpha value is -1.02. The number of hydrogen-bond acceptors (Lipinski definition) is 2. The summed E-state index contributed by atoms with van der Waals surface area (Å²) in [5.74, 6) is 0. The van der Waals surface area contributed by atoms with Crippen LogP contribution in [0.1, 0.15) is 45.2 Å². The molecule has 2 N–H and O–H groups in total. The highest BCUT2D eigenvalue weighted by Crippen LogP contribution is 2.21. The molecule has 0 saturated carbocycles. The fraction of sp³-hybridized carbons (Fsp3) is 0.571. The lowest BCUT2D eigenvalue weighted by molar-refractivity contribution is 0.218. The van der Waals surface area contributed by atoms with Crippen molar-refractivity contribution in [3.63, 3.8) is 0 Å². The molecule has 1 atom stereocenters. The van der Waals surface area contributed by atoms with Crippen LogP contribution >= 0.6 is 0 Å². The van der Waals surface area contributed by atoms with Gasteiger partial charge in [0.25, 0.3) is 0 Å². The van der Waals surface area contributed by atoms with E-state index in [1.807, 2.05) is 12.1 Å². The Balaban J connectivity index is 2.66. The lowest BCUT2D eigenvalue weighted by Crippen LogP contribution is -2.27. The van der Waals surface area contributed by atoms with Crippen molar-refractivity contribution in [1.82, 2.24) is 4.90 Å². The van der Waals surface area contributed by atoms with Gasteiger partial charge >= 0.3 is 0 Å². The van der Waals surface area contributed by atoms with E-state index in [9.17, 15) is 0 Å². The minimum absolute atomic E-state index is 0.483. The van der Waals surface area contributed by atoms with Crippen LogP contribution in [0.5, 0.6) is 0 Å². The standard InChI is InChI=1S/C14H24N2/c1-4-6-11-16(5-2)12(3)13-7-9-14(15)10-8-13/h7-10,12H,4-6,11,15H2,1-3H3. The maximum Gasteiger partial charge on any atom is 0.0319 e. The van der Waals surface area contributed by atoms with Crippen molar-refractivity contribution in [3.05, 3.63) is 29.8 Å². The summed E-state index contributed by atoms with van der Waals surface area (Å²) >= 11 is 0. The van der Waals surface area contributed by atoms with Crippen LogP contribution in [0.25, 0.3) is 0 Å². The van der Waals surface area contributed by atoms with E-state index in [0.29, 0.717) is 6.04 Å². The number of unbranched alkanes of at least 4 members (excludes halogenated alkanes) is 1. The Morgan fingerprint density at radius 3 is 2.31 bits per heavy atom. The second kappa shape index (κ2) is 6.54. The number of anilines is 1. The van der Waals surface area contributed by atoms with Gasteiger partial charge in [0.05, 0.1) is 0 Å². The van der Waals surface area contributed by atoms with Crippen LogP contribution in [0.15, 0.2) is 24.3 Å². The molecule has 2 nitrogen and oxygen atoms in total. The number of nitrogens with zero attached hydrogens (tertiary/aromatic N) is 1. The van der Waals surface area contributed by atoms with Gasteiger partial charge in [0.15, 0.2) is 0 Å². The molecule has 1 aromatic rings. The van der Waals surface area contributed by atoms with Crippen LogP contribution in [0.3, 0.4) is 0 Å². The maximum absolute atomic E-state index is 5.70. The Bertz CT molecular complexity index is 292. The Morgan fingerprint density at radius 1 is 1.19 bits per heavy atom. The van der Waals surface area contributed by atoms with E-state index in [1.54, 1.807) is 0 Å². The van der Waals surface area contributed by atoms with Gasteiger partial charge in [0.1, 0.15) is 0 Å². The third kappa shape index (κ3) is 3.53. The van der Waals surface area contributed by atoms with Crippen LogP contribution in [0.2, 0.25) is 0 Å². The molecule has 0 aliphatic rings. The Kier molecular flexibility index (Phi) is 5.33. The van der Waals surface area contributed by atoms with E-state index in [2.05, 4.69) is 37.8 Å². The molecule has 0 radical (unpaired) electrons. The molecule has 0 heterocycles. The second-order valence-corrected chi connectivity index (χ2v) is 4.32. The average Bonchev–Trinajstić information content (AvgIpc) is 2.30. The molecule has 1 unspecified atom stereocenters. The highest BCUT2D eigenvalue weighted by atomic mass is 15.1. The maximum atomic E-state index is 5.70. The zero-order chi connectivity index (χ0) is 12.0. The van der Waals surface area contributed by atoms with Gasteiger partial charge in [0.2, 0.25) is 0 Å². The predicted octanol–water partition coefficient (Wildman–Crippen LogP) is 3.45. The van der Waals surface area contributed by atoms with E-state index in [1.165, 1.54) is 24.9 Å². The van der Waals surface area contributed by atoms with E-state index < -0.39 is 0 Å². The van der Waals surface area contributed by atoms with Crippen molar-refractivity contribution in [1.29, 1.82) is 0 Å². The minimum atomic E-state index is 0.483. The van der Waals surface area contributed by atoms with Crippen LogP contribution in [0.4, 0.5) is 5.69 Å². The first-order valence-corrected chi connectivity index (χ1v) is 6.28. The van der Waals surface area contributed by atoms with Gasteiger partial charge < -0.3 is 5.73 Å². The molecule has 0 aliphatic heterocycles. The largest absolute Gasteiger partial charge is 0.399 e. The molecule has 2 heteroatoms. The molecule has 0 amide bonds. The van der Waals surface area contributed by atoms with Crippen LogP contribution in [-0.2, 0) is 0 Å². The molecule has 1 rings (SSSR count). The average molecular weight is 220 g/mol. The van der Waals surface area contributed by atoms with Crippen molar-refractivity contribution in [2.75, 3.05) is 18.8 Å². The smallest absolute Gasteiger partial charge is 0.0319 e. The summed E-state index contributed by atoms with van der Waals surface area (Å²) in [6.45, 7) is 9.01. The number of hydrogen-bond donors (Lipinski definition) is 1. The summed E-state index contributed by atoms with van der Waals surface area (Å²) in [5.41, 5.74) is 7.90. The third-order valence-corrected chi connectivity index (χ3v) is 3.17. The third-order valence-electron chi connectivity index (χ3n) is 3.17. The first-order valence-electron chi connectivity index (χ1n) is 6.28. The van der Waals surface area contributed by atoms with E-state index >= 15 is 0 Å². The van der Waals surface area contributed by atoms with Gasteiger partial charge in [-0.15, -0.1) is 0 Å². The van der Waals surface area contributed by atoms with Crippen molar-refractivity contribution in [3.8, 4) is 0 Å². The molecular formula is C14H24N2. The predicted molar refractivity (Wildman–Crippen MR) is 71.4 cm³/mol. The zero-order valence-corrected chi connectivity index (χ0v) is 10.7. The van der Waals surface area contributed by atoms with Crippen molar-refractivity contribution < 1.29 is 0 Å². The number of nitrogen functional groups attached to an aromatic ring is 1. The molecular weight excluding hydrogens is 196 g/mol. The SMILES string of the molecule is CCCCN(CC)C(C)c1ccc(N)cc1.